The van der Waals surface area contributed by atoms with Crippen LogP contribution in [0.2, 0.25) is 0 Å². The number of nitrogens with zero attached hydrogens (tertiary/aromatic N) is 2. The van der Waals surface area contributed by atoms with Gasteiger partial charge in [0.25, 0.3) is 0 Å². The van der Waals surface area contributed by atoms with Gasteiger partial charge < -0.3 is 35.3 Å². The van der Waals surface area contributed by atoms with Crippen molar-refractivity contribution in [2.45, 2.75) is 50.1 Å². The maximum absolute atomic E-state index is 13.2. The molecule has 10 nitrogen and oxygen atoms in total. The number of halogens is 3. The Balaban J connectivity index is 1.29. The molecule has 1 aromatic carbocycles. The third-order valence-corrected chi connectivity index (χ3v) is 5.78. The third kappa shape index (κ3) is 7.10. The van der Waals surface area contributed by atoms with Crippen molar-refractivity contribution in [2.75, 3.05) is 37.0 Å². The summed E-state index contributed by atoms with van der Waals surface area (Å²) in [7, 11) is 0. The molecular formula is C23H28F3N5O5. The second-order valence-electron chi connectivity index (χ2n) is 8.54. The lowest BCUT2D eigenvalue weighted by Crippen LogP contribution is -2.42. The Morgan fingerprint density at radius 3 is 2.56 bits per heavy atom. The van der Waals surface area contributed by atoms with Crippen LogP contribution in [0.15, 0.2) is 30.5 Å². The molecule has 0 radical (unpaired) electrons. The van der Waals surface area contributed by atoms with Crippen LogP contribution in [-0.4, -0.2) is 65.7 Å². The van der Waals surface area contributed by atoms with Crippen LogP contribution >= 0.6 is 0 Å². The van der Waals surface area contributed by atoms with E-state index in [-0.39, 0.29) is 36.3 Å². The van der Waals surface area contributed by atoms with Crippen molar-refractivity contribution < 1.29 is 37.3 Å². The Labute approximate surface area is 205 Å². The number of aromatic nitrogens is 2. The van der Waals surface area contributed by atoms with Gasteiger partial charge >= 0.3 is 12.2 Å². The smallest absolute Gasteiger partial charge is 0.416 e. The highest BCUT2D eigenvalue weighted by Crippen LogP contribution is 2.36. The molecule has 0 atom stereocenters. The molecule has 0 bridgehead atoms. The molecule has 2 fully saturated rings. The third-order valence-electron chi connectivity index (χ3n) is 5.78. The van der Waals surface area contributed by atoms with Crippen molar-refractivity contribution >= 4 is 17.7 Å². The predicted octanol–water partition coefficient (Wildman–Crippen LogP) is 3.19. The molecule has 0 spiro atoms. The Bertz CT molecular complexity index is 1030. The standard InChI is InChI=1S/C23H28F3N5O5/c24-23(25,26)14-1-6-19(35-17-12-34-13-17)18(11-14)30-22(33)29-15-2-4-16(5-3-15)36-20-7-8-27-21(31-20)28-9-10-32/h1,6-8,11,15-17,32H,2-5,9-10,12-13H2,(H,27,28,31)(H2,29,30,33)/t15-,16-. The number of urea groups is 1. The maximum atomic E-state index is 13.2. The first kappa shape index (κ1) is 25.8. The zero-order chi connectivity index (χ0) is 25.5. The number of hydrogen-bond acceptors (Lipinski definition) is 8. The number of ether oxygens (including phenoxy) is 3. The summed E-state index contributed by atoms with van der Waals surface area (Å²) in [5.74, 6) is 0.922. The minimum absolute atomic E-state index is 0.0450. The van der Waals surface area contributed by atoms with E-state index in [2.05, 4.69) is 25.9 Å². The second kappa shape index (κ2) is 11.6. The number of anilines is 2. The fourth-order valence-corrected chi connectivity index (χ4v) is 3.87. The van der Waals surface area contributed by atoms with Crippen LogP contribution in [0.1, 0.15) is 31.2 Å². The minimum Gasteiger partial charge on any atom is -0.483 e. The molecule has 0 unspecified atom stereocenters. The van der Waals surface area contributed by atoms with E-state index in [9.17, 15) is 18.0 Å². The van der Waals surface area contributed by atoms with Crippen LogP contribution in [0.5, 0.6) is 11.6 Å². The van der Waals surface area contributed by atoms with Gasteiger partial charge in [-0.05, 0) is 43.9 Å². The highest BCUT2D eigenvalue weighted by atomic mass is 19.4. The molecule has 1 aromatic heterocycles. The molecule has 13 heteroatoms. The summed E-state index contributed by atoms with van der Waals surface area (Å²) in [6.45, 7) is 0.961. The summed E-state index contributed by atoms with van der Waals surface area (Å²) < 4.78 is 56.2. The Morgan fingerprint density at radius 1 is 1.11 bits per heavy atom. The van der Waals surface area contributed by atoms with Crippen molar-refractivity contribution in [2.24, 2.45) is 0 Å². The van der Waals surface area contributed by atoms with Crippen LogP contribution in [0, 0.1) is 0 Å². The molecule has 196 valence electrons. The van der Waals surface area contributed by atoms with Crippen LogP contribution in [0.25, 0.3) is 0 Å². The van der Waals surface area contributed by atoms with E-state index < -0.39 is 17.8 Å². The Morgan fingerprint density at radius 2 is 1.89 bits per heavy atom. The first-order chi connectivity index (χ1) is 17.3. The van der Waals surface area contributed by atoms with E-state index in [0.29, 0.717) is 57.3 Å². The number of aliphatic hydroxyl groups is 1. The van der Waals surface area contributed by atoms with E-state index in [0.717, 1.165) is 12.1 Å². The van der Waals surface area contributed by atoms with Crippen LogP contribution in [-0.2, 0) is 10.9 Å². The van der Waals surface area contributed by atoms with Gasteiger partial charge in [-0.15, -0.1) is 0 Å². The van der Waals surface area contributed by atoms with Gasteiger partial charge in [0.15, 0.2) is 0 Å². The number of rotatable bonds is 9. The SMILES string of the molecule is O=C(Nc1cc(C(F)(F)F)ccc1OC1COC1)N[C@H]1CC[C@H](Oc2ccnc(NCCO)n2)CC1. The molecule has 2 amide bonds. The van der Waals surface area contributed by atoms with Gasteiger partial charge in [-0.3, -0.25) is 0 Å². The summed E-state index contributed by atoms with van der Waals surface area (Å²) in [5.41, 5.74) is -0.937. The highest BCUT2D eigenvalue weighted by Gasteiger charge is 2.32. The van der Waals surface area contributed by atoms with Crippen molar-refractivity contribution in [1.82, 2.24) is 15.3 Å². The molecular weight excluding hydrogens is 483 g/mol. The molecule has 4 N–H and O–H groups in total. The Kier molecular flexibility index (Phi) is 8.31. The average Bonchev–Trinajstić information content (AvgIpc) is 2.81. The van der Waals surface area contributed by atoms with Crippen molar-refractivity contribution in [3.05, 3.63) is 36.0 Å². The second-order valence-corrected chi connectivity index (χ2v) is 8.54. The molecule has 2 aromatic rings. The van der Waals surface area contributed by atoms with Gasteiger partial charge in [0, 0.05) is 24.8 Å². The first-order valence-corrected chi connectivity index (χ1v) is 11.7. The number of aliphatic hydroxyl groups excluding tert-OH is 1. The van der Waals surface area contributed by atoms with E-state index in [4.69, 9.17) is 19.3 Å². The zero-order valence-corrected chi connectivity index (χ0v) is 19.4. The van der Waals surface area contributed by atoms with Gasteiger partial charge in [-0.2, -0.15) is 18.2 Å². The lowest BCUT2D eigenvalue weighted by atomic mass is 9.93. The normalized spacial score (nSPS) is 20.2. The largest absolute Gasteiger partial charge is 0.483 e. The van der Waals surface area contributed by atoms with E-state index in [1.165, 1.54) is 6.07 Å². The lowest BCUT2D eigenvalue weighted by Gasteiger charge is -2.30. The van der Waals surface area contributed by atoms with E-state index in [1.54, 1.807) is 12.3 Å². The quantitative estimate of drug-likeness (QED) is 0.404. The Hall–Kier alpha value is -3.32. The minimum atomic E-state index is -4.55. The van der Waals surface area contributed by atoms with Crippen LogP contribution < -0.4 is 25.4 Å². The van der Waals surface area contributed by atoms with Crippen LogP contribution in [0.3, 0.4) is 0 Å². The number of carbonyl (C=O) groups excluding carboxylic acids is 1. The fourth-order valence-electron chi connectivity index (χ4n) is 3.87. The molecule has 2 aliphatic rings. The predicted molar refractivity (Wildman–Crippen MR) is 123 cm³/mol. The van der Waals surface area contributed by atoms with Crippen molar-refractivity contribution in [3.8, 4) is 11.6 Å². The molecule has 1 saturated carbocycles. The molecule has 1 saturated heterocycles. The fraction of sp³-hybridized carbons (Fsp3) is 0.522. The molecule has 1 aliphatic heterocycles. The van der Waals surface area contributed by atoms with Gasteiger partial charge in [0.05, 0.1) is 31.1 Å². The zero-order valence-electron chi connectivity index (χ0n) is 19.4. The number of hydrogen-bond donors (Lipinski definition) is 4. The number of alkyl halides is 3. The molecule has 4 rings (SSSR count). The van der Waals surface area contributed by atoms with Gasteiger partial charge in [0.1, 0.15) is 18.0 Å². The van der Waals surface area contributed by atoms with E-state index >= 15 is 0 Å². The van der Waals surface area contributed by atoms with Crippen molar-refractivity contribution in [1.29, 1.82) is 0 Å². The molecule has 2 heterocycles. The van der Waals surface area contributed by atoms with Crippen LogP contribution in [0.4, 0.5) is 29.6 Å². The summed E-state index contributed by atoms with van der Waals surface area (Å²) in [6.07, 6.45) is -0.778. The summed E-state index contributed by atoms with van der Waals surface area (Å²) in [6, 6.07) is 3.87. The number of amides is 2. The van der Waals surface area contributed by atoms with Gasteiger partial charge in [-0.1, -0.05) is 0 Å². The lowest BCUT2D eigenvalue weighted by molar-refractivity contribution is -0.137. The van der Waals surface area contributed by atoms with Crippen molar-refractivity contribution in [3.63, 3.8) is 0 Å². The summed E-state index contributed by atoms with van der Waals surface area (Å²) in [4.78, 5) is 20.9. The summed E-state index contributed by atoms with van der Waals surface area (Å²) in [5, 5.41) is 17.1. The average molecular weight is 512 g/mol. The number of benzene rings is 1. The first-order valence-electron chi connectivity index (χ1n) is 11.7. The maximum Gasteiger partial charge on any atom is 0.416 e. The monoisotopic (exact) mass is 511 g/mol. The number of carbonyl (C=O) groups is 1. The van der Waals surface area contributed by atoms with Gasteiger partial charge in [0.2, 0.25) is 11.8 Å². The molecule has 1 aliphatic carbocycles. The molecule has 36 heavy (non-hydrogen) atoms. The number of nitrogens with one attached hydrogen (secondary N) is 3. The summed E-state index contributed by atoms with van der Waals surface area (Å²) >= 11 is 0. The van der Waals surface area contributed by atoms with E-state index in [1.807, 2.05) is 0 Å². The topological polar surface area (TPSA) is 127 Å². The highest BCUT2D eigenvalue weighted by molar-refractivity contribution is 5.91. The van der Waals surface area contributed by atoms with Gasteiger partial charge in [-0.25, -0.2) is 9.78 Å².